The first-order valence-electron chi connectivity index (χ1n) is 14.3. The van der Waals surface area contributed by atoms with Crippen LogP contribution >= 0.6 is 0 Å². The number of phenols is 1. The number of azo groups is 1. The SMILES string of the molecule is COc1cc(-c2ccc(NC(=O)CCCCCN=[N+]=[N-])c(OC)c2)ccc1N=Nc1ccc2c(S(=O)(=O)[O-])cc(S(=O)(=O)[O-])c(N)c2c1O.[Na+].[Na+]. The van der Waals surface area contributed by atoms with E-state index in [1.807, 2.05) is 0 Å². The van der Waals surface area contributed by atoms with E-state index in [9.17, 15) is 35.8 Å². The second kappa shape index (κ2) is 18.9. The molecule has 0 unspecified atom stereocenters. The number of hydrogen-bond acceptors (Lipinski definition) is 14. The van der Waals surface area contributed by atoms with Gasteiger partial charge < -0.3 is 34.7 Å². The van der Waals surface area contributed by atoms with Crippen LogP contribution in [0.15, 0.2) is 79.7 Å². The van der Waals surface area contributed by atoms with Gasteiger partial charge in [0.05, 0.1) is 40.8 Å². The number of methoxy groups -OCH3 is 2. The van der Waals surface area contributed by atoms with Gasteiger partial charge in [-0.1, -0.05) is 29.7 Å². The van der Waals surface area contributed by atoms with Crippen molar-refractivity contribution in [2.24, 2.45) is 15.3 Å². The van der Waals surface area contributed by atoms with Crippen LogP contribution in [-0.4, -0.2) is 57.7 Å². The normalized spacial score (nSPS) is 11.3. The molecule has 4 rings (SSSR count). The van der Waals surface area contributed by atoms with Crippen molar-refractivity contribution in [1.82, 2.24) is 0 Å². The van der Waals surface area contributed by atoms with Crippen molar-refractivity contribution in [3.05, 3.63) is 65.0 Å². The number of aromatic hydroxyl groups is 1. The Labute approximate surface area is 337 Å². The van der Waals surface area contributed by atoms with Crippen molar-refractivity contribution in [2.45, 2.75) is 35.5 Å². The Morgan fingerprint density at radius 2 is 1.45 bits per heavy atom. The molecule has 0 fully saturated rings. The fourth-order valence-electron chi connectivity index (χ4n) is 4.87. The number of nitrogens with two attached hydrogens (primary N) is 1. The van der Waals surface area contributed by atoms with Gasteiger partial charge in [0.2, 0.25) is 5.91 Å². The zero-order valence-corrected chi connectivity index (χ0v) is 33.6. The van der Waals surface area contributed by atoms with Gasteiger partial charge in [0.25, 0.3) is 0 Å². The zero-order chi connectivity index (χ0) is 35.9. The Morgan fingerprint density at radius 1 is 0.863 bits per heavy atom. The molecule has 0 aliphatic heterocycles. The Morgan fingerprint density at radius 3 is 2.06 bits per heavy atom. The van der Waals surface area contributed by atoms with E-state index >= 15 is 0 Å². The number of rotatable bonds is 14. The summed E-state index contributed by atoms with van der Waals surface area (Å²) in [5.74, 6) is -0.367. The van der Waals surface area contributed by atoms with Crippen LogP contribution in [0.1, 0.15) is 25.7 Å². The standard InChI is InChI=1S/C30H31N7O10S2.2Na/c1-46-23-14-17(7-10-20(23)34-27(38)6-4-3-5-13-33-37-32)18-8-11-21(24(15-18)47-2)35-36-22-12-9-19-25(48(40,41)42)16-26(49(43,44)45)29(31)28(19)30(22)39;;/h7-12,14-16,39H,3-6,13,31H2,1-2H3,(H,34,38)(H,40,41,42)(H,43,44,45);;/q;2*+1/p-2. The average molecular weight is 758 g/mol. The molecule has 0 bridgehead atoms. The second-order valence-corrected chi connectivity index (χ2v) is 13.1. The molecule has 0 saturated heterocycles. The number of hydrogen-bond donors (Lipinski definition) is 3. The molecule has 258 valence electrons. The van der Waals surface area contributed by atoms with Crippen LogP contribution in [0.4, 0.5) is 22.7 Å². The van der Waals surface area contributed by atoms with Gasteiger partial charge in [0.15, 0.2) is 5.75 Å². The number of nitrogen functional groups attached to an aromatic ring is 1. The van der Waals surface area contributed by atoms with Crippen LogP contribution in [0.3, 0.4) is 0 Å². The number of ether oxygens (including phenoxy) is 2. The van der Waals surface area contributed by atoms with Gasteiger partial charge in [0, 0.05) is 23.3 Å². The summed E-state index contributed by atoms with van der Waals surface area (Å²) in [6.07, 6.45) is 2.34. The van der Waals surface area contributed by atoms with Crippen molar-refractivity contribution in [3.8, 4) is 28.4 Å². The Hall–Kier alpha value is -3.46. The molecule has 4 aromatic rings. The van der Waals surface area contributed by atoms with Gasteiger partial charge in [-0.25, -0.2) is 16.8 Å². The molecule has 0 radical (unpaired) electrons. The number of nitrogens with one attached hydrogen (secondary N) is 1. The number of nitrogens with zero attached hydrogens (tertiary/aromatic N) is 5. The maximum Gasteiger partial charge on any atom is 1.00 e. The fraction of sp³-hybridized carbons (Fsp3) is 0.233. The van der Waals surface area contributed by atoms with E-state index in [-0.39, 0.29) is 88.6 Å². The minimum Gasteiger partial charge on any atom is -0.744 e. The van der Waals surface area contributed by atoms with Gasteiger partial charge in [0.1, 0.15) is 43.1 Å². The average Bonchev–Trinajstić information content (AvgIpc) is 3.05. The van der Waals surface area contributed by atoms with Crippen LogP contribution in [0.2, 0.25) is 0 Å². The maximum absolute atomic E-state index is 12.4. The van der Waals surface area contributed by atoms with E-state index in [1.54, 1.807) is 36.4 Å². The number of carbonyl (C=O) groups excluding carboxylic acids is 1. The van der Waals surface area contributed by atoms with Crippen molar-refractivity contribution in [1.29, 1.82) is 0 Å². The summed E-state index contributed by atoms with van der Waals surface area (Å²) in [6.45, 7) is 0.382. The summed E-state index contributed by atoms with van der Waals surface area (Å²) in [6, 6.07) is 12.6. The number of azide groups is 1. The van der Waals surface area contributed by atoms with Gasteiger partial charge in [-0.3, -0.25) is 4.79 Å². The Kier molecular flexibility index (Phi) is 16.2. The number of anilines is 2. The second-order valence-electron chi connectivity index (χ2n) is 10.4. The molecule has 0 aliphatic carbocycles. The van der Waals surface area contributed by atoms with Gasteiger partial charge >= 0.3 is 59.1 Å². The topological polar surface area (TPSA) is 282 Å². The molecule has 0 spiro atoms. The van der Waals surface area contributed by atoms with Gasteiger partial charge in [-0.05, 0) is 65.9 Å². The van der Waals surface area contributed by atoms with E-state index in [0.29, 0.717) is 48.0 Å². The summed E-state index contributed by atoms with van der Waals surface area (Å²) >= 11 is 0. The molecule has 0 aliphatic rings. The smallest absolute Gasteiger partial charge is 0.744 e. The van der Waals surface area contributed by atoms with Crippen molar-refractivity contribution in [3.63, 3.8) is 0 Å². The summed E-state index contributed by atoms with van der Waals surface area (Å²) in [5.41, 5.74) is 15.1. The summed E-state index contributed by atoms with van der Waals surface area (Å²) < 4.78 is 81.7. The molecular weight excluding hydrogens is 728 g/mol. The number of unbranched alkanes of at least 4 members (excludes halogenated alkanes) is 2. The first kappa shape index (κ1) is 43.7. The first-order valence-corrected chi connectivity index (χ1v) is 17.1. The minimum absolute atomic E-state index is 0. The molecule has 0 aromatic heterocycles. The summed E-state index contributed by atoms with van der Waals surface area (Å²) in [7, 11) is -7.79. The van der Waals surface area contributed by atoms with Crippen LogP contribution < -0.4 is 79.6 Å². The molecule has 1 amide bonds. The van der Waals surface area contributed by atoms with Crippen LogP contribution in [0, 0.1) is 0 Å². The predicted molar refractivity (Wildman–Crippen MR) is 176 cm³/mol. The third-order valence-electron chi connectivity index (χ3n) is 7.24. The summed E-state index contributed by atoms with van der Waals surface area (Å²) in [4.78, 5) is 12.9. The Balaban J connectivity index is 0.00000451. The maximum atomic E-state index is 12.4. The Bertz CT molecular complexity index is 2230. The predicted octanol–water partition coefficient (Wildman–Crippen LogP) is -0.147. The van der Waals surface area contributed by atoms with Gasteiger partial charge in [-0.15, -0.1) is 10.2 Å². The quantitative estimate of drug-likeness (QED) is 0.0289. The van der Waals surface area contributed by atoms with Gasteiger partial charge in [-0.2, -0.15) is 0 Å². The van der Waals surface area contributed by atoms with Crippen molar-refractivity contribution < 1.29 is 104 Å². The number of phenolic OH excluding ortho intramolecular Hbond substituents is 1. The molecule has 17 nitrogen and oxygen atoms in total. The molecule has 4 aromatic carbocycles. The van der Waals surface area contributed by atoms with Crippen molar-refractivity contribution >= 4 is 59.7 Å². The molecule has 4 N–H and O–H groups in total. The van der Waals surface area contributed by atoms with Crippen molar-refractivity contribution in [2.75, 3.05) is 31.8 Å². The number of benzene rings is 4. The van der Waals surface area contributed by atoms with Crippen LogP contribution in [-0.2, 0) is 25.0 Å². The molecule has 21 heteroatoms. The van der Waals surface area contributed by atoms with E-state index in [4.69, 9.17) is 20.7 Å². The summed E-state index contributed by atoms with van der Waals surface area (Å²) in [5, 5.41) is 24.3. The number of fused-ring (bicyclic) bond motifs is 1. The first-order chi connectivity index (χ1) is 23.2. The van der Waals surface area contributed by atoms with Crippen LogP contribution in [0.5, 0.6) is 17.2 Å². The van der Waals surface area contributed by atoms with E-state index in [2.05, 4.69) is 25.6 Å². The molecule has 0 heterocycles. The van der Waals surface area contributed by atoms with E-state index in [1.165, 1.54) is 14.2 Å². The molecule has 0 saturated carbocycles. The third kappa shape index (κ3) is 10.8. The number of amides is 1. The molecular formula is C30H29N7Na2O10S2. The molecule has 0 atom stereocenters. The fourth-order valence-corrected chi connectivity index (χ4v) is 6.28. The largest absolute Gasteiger partial charge is 1.00 e. The monoisotopic (exact) mass is 757 g/mol. The minimum atomic E-state index is -5.35. The van der Waals surface area contributed by atoms with E-state index in [0.717, 1.165) is 18.6 Å². The number of carbonyl (C=O) groups is 1. The van der Waals surface area contributed by atoms with Crippen LogP contribution in [0.25, 0.3) is 32.3 Å². The zero-order valence-electron chi connectivity index (χ0n) is 28.0. The van der Waals surface area contributed by atoms with E-state index < -0.39 is 52.2 Å². The third-order valence-corrected chi connectivity index (χ3v) is 8.99. The molecule has 51 heavy (non-hydrogen) atoms.